The van der Waals surface area contributed by atoms with Crippen LogP contribution in [0.4, 0.5) is 0 Å². The smallest absolute Gasteiger partial charge is 0.136 e. The van der Waals surface area contributed by atoms with E-state index in [4.69, 9.17) is 25.4 Å². The van der Waals surface area contributed by atoms with Crippen molar-refractivity contribution in [3.8, 4) is 11.3 Å². The van der Waals surface area contributed by atoms with Crippen molar-refractivity contribution in [2.45, 2.75) is 6.54 Å². The van der Waals surface area contributed by atoms with E-state index in [1.54, 1.807) is 6.26 Å². The molecule has 0 saturated heterocycles. The largest absolute Gasteiger partial charge is 0.467 e. The first-order valence-corrected chi connectivity index (χ1v) is 7.99. The number of rotatable bonds is 3. The van der Waals surface area contributed by atoms with Gasteiger partial charge in [0.05, 0.1) is 18.2 Å². The van der Waals surface area contributed by atoms with E-state index in [1.165, 1.54) is 0 Å². The molecule has 4 aromatic rings. The predicted octanol–water partition coefficient (Wildman–Crippen LogP) is 5.45. The number of nitrogens with zero attached hydrogens (tertiary/aromatic N) is 1. The van der Waals surface area contributed by atoms with Crippen molar-refractivity contribution in [2.24, 2.45) is 4.99 Å². The van der Waals surface area contributed by atoms with Crippen LogP contribution < -0.4 is 5.36 Å². The van der Waals surface area contributed by atoms with Crippen molar-refractivity contribution in [1.29, 1.82) is 0 Å². The lowest BCUT2D eigenvalue weighted by Gasteiger charge is -2.05. The summed E-state index contributed by atoms with van der Waals surface area (Å²) in [4.78, 5) is 4.70. The van der Waals surface area contributed by atoms with Gasteiger partial charge in [0.15, 0.2) is 0 Å². The summed E-state index contributed by atoms with van der Waals surface area (Å²) in [7, 11) is 0. The fourth-order valence-corrected chi connectivity index (χ4v) is 2.70. The highest BCUT2D eigenvalue weighted by Gasteiger charge is 2.06. The van der Waals surface area contributed by atoms with E-state index in [-0.39, 0.29) is 0 Å². The van der Waals surface area contributed by atoms with Gasteiger partial charge in [-0.05, 0) is 48.5 Å². The second-order valence-electron chi connectivity index (χ2n) is 5.39. The Bertz CT molecular complexity index is 1030. The molecule has 4 rings (SSSR count). The second-order valence-corrected chi connectivity index (χ2v) is 5.83. The molecule has 0 aliphatic rings. The van der Waals surface area contributed by atoms with Gasteiger partial charge in [-0.15, -0.1) is 0 Å². The summed E-state index contributed by atoms with van der Waals surface area (Å²) in [5.41, 5.74) is 1.75. The third kappa shape index (κ3) is 2.99. The zero-order valence-corrected chi connectivity index (χ0v) is 13.5. The molecule has 2 heterocycles. The van der Waals surface area contributed by atoms with Crippen molar-refractivity contribution in [2.75, 3.05) is 0 Å². The molecule has 4 heteroatoms. The molecule has 0 saturated carbocycles. The Kier molecular flexibility index (Phi) is 3.93. The van der Waals surface area contributed by atoms with E-state index in [2.05, 4.69) is 0 Å². The average molecular weight is 336 g/mol. The lowest BCUT2D eigenvalue weighted by molar-refractivity contribution is 0.511. The van der Waals surface area contributed by atoms with Crippen LogP contribution in [0.1, 0.15) is 5.76 Å². The highest BCUT2D eigenvalue weighted by Crippen LogP contribution is 2.23. The molecular formula is C20H14ClNO2. The minimum atomic E-state index is 0.487. The van der Waals surface area contributed by atoms with Crippen LogP contribution in [0.25, 0.3) is 22.3 Å². The van der Waals surface area contributed by atoms with Crippen LogP contribution >= 0.6 is 11.6 Å². The quantitative estimate of drug-likeness (QED) is 0.499. The molecular weight excluding hydrogens is 322 g/mol. The highest BCUT2D eigenvalue weighted by molar-refractivity contribution is 6.30. The number of hydrogen-bond donors (Lipinski definition) is 0. The van der Waals surface area contributed by atoms with Crippen molar-refractivity contribution < 1.29 is 8.83 Å². The van der Waals surface area contributed by atoms with Crippen molar-refractivity contribution in [3.63, 3.8) is 0 Å². The minimum absolute atomic E-state index is 0.487. The molecule has 0 spiro atoms. The molecule has 0 aliphatic carbocycles. The molecule has 0 unspecified atom stereocenters. The Balaban J connectivity index is 1.87. The molecule has 24 heavy (non-hydrogen) atoms. The minimum Gasteiger partial charge on any atom is -0.467 e. The first kappa shape index (κ1) is 14.8. The number of hydrogen-bond acceptors (Lipinski definition) is 3. The monoisotopic (exact) mass is 335 g/mol. The maximum absolute atomic E-state index is 6.04. The third-order valence-electron chi connectivity index (χ3n) is 3.76. The Labute approximate surface area is 143 Å². The Morgan fingerprint density at radius 1 is 0.917 bits per heavy atom. The number of benzene rings is 2. The third-order valence-corrected chi connectivity index (χ3v) is 4.02. The second kappa shape index (κ2) is 6.38. The molecule has 3 nitrogen and oxygen atoms in total. The molecule has 118 valence electrons. The molecule has 2 aromatic heterocycles. The maximum atomic E-state index is 6.04. The van der Waals surface area contributed by atoms with E-state index in [0.717, 1.165) is 33.4 Å². The summed E-state index contributed by atoms with van der Waals surface area (Å²) in [6, 6.07) is 21.2. The summed E-state index contributed by atoms with van der Waals surface area (Å²) < 4.78 is 11.4. The fourth-order valence-electron chi connectivity index (χ4n) is 2.57. The van der Waals surface area contributed by atoms with Crippen LogP contribution in [0.3, 0.4) is 0 Å². The number of halogens is 1. The lowest BCUT2D eigenvalue weighted by Crippen LogP contribution is -2.04. The SMILES string of the molecule is Clc1ccc(-c2cc(=NCc3ccco3)c3ccccc3o2)cc1. The van der Waals surface area contributed by atoms with Gasteiger partial charge >= 0.3 is 0 Å². The standard InChI is InChI=1S/C20H14ClNO2/c21-15-9-7-14(8-10-15)20-12-18(22-13-16-4-3-11-23-16)17-5-1-2-6-19(17)24-20/h1-12H,13H2. The summed E-state index contributed by atoms with van der Waals surface area (Å²) in [6.07, 6.45) is 1.66. The van der Waals surface area contributed by atoms with Crippen LogP contribution in [0, 0.1) is 0 Å². The number of furan rings is 1. The van der Waals surface area contributed by atoms with Gasteiger partial charge < -0.3 is 8.83 Å². The summed E-state index contributed by atoms with van der Waals surface area (Å²) in [5.74, 6) is 1.58. The Morgan fingerprint density at radius 2 is 1.75 bits per heavy atom. The van der Waals surface area contributed by atoms with Crippen molar-refractivity contribution in [3.05, 3.63) is 89.1 Å². The van der Waals surface area contributed by atoms with Gasteiger partial charge in [-0.2, -0.15) is 0 Å². The first-order chi connectivity index (χ1) is 11.8. The first-order valence-electron chi connectivity index (χ1n) is 7.61. The Hall–Kier alpha value is -2.78. The summed E-state index contributed by atoms with van der Waals surface area (Å²) in [6.45, 7) is 0.487. The average Bonchev–Trinajstić information content (AvgIpc) is 3.13. The molecule has 0 atom stereocenters. The molecule has 2 aromatic carbocycles. The van der Waals surface area contributed by atoms with E-state index >= 15 is 0 Å². The lowest BCUT2D eigenvalue weighted by atomic mass is 10.1. The van der Waals surface area contributed by atoms with Gasteiger partial charge in [0.25, 0.3) is 0 Å². The van der Waals surface area contributed by atoms with Gasteiger partial charge in [-0.25, -0.2) is 0 Å². The van der Waals surface area contributed by atoms with Crippen molar-refractivity contribution >= 4 is 22.6 Å². The zero-order chi connectivity index (χ0) is 16.4. The normalized spacial score (nSPS) is 12.0. The van der Waals surface area contributed by atoms with Gasteiger partial charge in [-0.1, -0.05) is 23.7 Å². The van der Waals surface area contributed by atoms with Crippen LogP contribution in [-0.2, 0) is 6.54 Å². The summed E-state index contributed by atoms with van der Waals surface area (Å²) >= 11 is 5.97. The van der Waals surface area contributed by atoms with Crippen LogP contribution in [0.2, 0.25) is 5.02 Å². The van der Waals surface area contributed by atoms with E-state index in [9.17, 15) is 0 Å². The predicted molar refractivity (Wildman–Crippen MR) is 94.6 cm³/mol. The molecule has 0 radical (unpaired) electrons. The van der Waals surface area contributed by atoms with Gasteiger partial charge in [0.2, 0.25) is 0 Å². The van der Waals surface area contributed by atoms with Crippen LogP contribution in [-0.4, -0.2) is 0 Å². The Morgan fingerprint density at radius 3 is 2.54 bits per heavy atom. The van der Waals surface area contributed by atoms with Gasteiger partial charge in [0.1, 0.15) is 17.1 Å². The van der Waals surface area contributed by atoms with E-state index < -0.39 is 0 Å². The number of para-hydroxylation sites is 1. The molecule has 0 fully saturated rings. The highest BCUT2D eigenvalue weighted by atomic mass is 35.5. The van der Waals surface area contributed by atoms with Gasteiger partial charge in [-0.3, -0.25) is 4.99 Å². The van der Waals surface area contributed by atoms with E-state index in [0.29, 0.717) is 11.6 Å². The van der Waals surface area contributed by atoms with Gasteiger partial charge in [0, 0.05) is 22.0 Å². The molecule has 0 bridgehead atoms. The molecule has 0 amide bonds. The molecule has 0 N–H and O–H groups in total. The van der Waals surface area contributed by atoms with E-state index in [1.807, 2.05) is 66.7 Å². The van der Waals surface area contributed by atoms with Crippen LogP contribution in [0.15, 0.2) is 86.8 Å². The summed E-state index contributed by atoms with van der Waals surface area (Å²) in [5, 5.41) is 2.54. The maximum Gasteiger partial charge on any atom is 0.136 e. The molecule has 0 aliphatic heterocycles. The topological polar surface area (TPSA) is 38.6 Å². The number of fused-ring (bicyclic) bond motifs is 1. The zero-order valence-electron chi connectivity index (χ0n) is 12.8. The fraction of sp³-hybridized carbons (Fsp3) is 0.0500. The van der Waals surface area contributed by atoms with Crippen LogP contribution in [0.5, 0.6) is 0 Å². The van der Waals surface area contributed by atoms with Crippen molar-refractivity contribution in [1.82, 2.24) is 0 Å².